The van der Waals surface area contributed by atoms with Gasteiger partial charge in [-0.05, 0) is 72.4 Å². The lowest BCUT2D eigenvalue weighted by Gasteiger charge is -2.25. The number of aliphatic carboxylic acids is 1. The van der Waals surface area contributed by atoms with Gasteiger partial charge < -0.3 is 10.4 Å². The van der Waals surface area contributed by atoms with E-state index < -0.39 is 23.1 Å². The molecular formula is C35H36FN3O4. The molecule has 2 saturated carbocycles. The van der Waals surface area contributed by atoms with E-state index in [0.717, 1.165) is 48.1 Å². The highest BCUT2D eigenvalue weighted by atomic mass is 19.1. The summed E-state index contributed by atoms with van der Waals surface area (Å²) in [5.74, 6) is -1.97. The summed E-state index contributed by atoms with van der Waals surface area (Å²) in [4.78, 5) is 38.1. The van der Waals surface area contributed by atoms with Crippen molar-refractivity contribution in [1.82, 2.24) is 5.01 Å². The normalized spacial score (nSPS) is 18.7. The summed E-state index contributed by atoms with van der Waals surface area (Å²) in [6.45, 7) is 0.339. The van der Waals surface area contributed by atoms with E-state index in [2.05, 4.69) is 10.4 Å². The van der Waals surface area contributed by atoms with Gasteiger partial charge in [0.05, 0.1) is 29.3 Å². The quantitative estimate of drug-likeness (QED) is 0.279. The van der Waals surface area contributed by atoms with Crippen LogP contribution >= 0.6 is 0 Å². The lowest BCUT2D eigenvalue weighted by Crippen LogP contribution is -2.31. The van der Waals surface area contributed by atoms with Crippen LogP contribution in [0.5, 0.6) is 0 Å². The average molecular weight is 582 g/mol. The van der Waals surface area contributed by atoms with E-state index in [4.69, 9.17) is 0 Å². The molecular weight excluding hydrogens is 545 g/mol. The number of carboxylic acids is 1. The maximum absolute atomic E-state index is 14.8. The Balaban J connectivity index is 1.19. The number of hydrogen-bond donors (Lipinski definition) is 2. The lowest BCUT2D eigenvalue weighted by molar-refractivity contribution is -0.143. The topological polar surface area (TPSA) is 99.1 Å². The Kier molecular flexibility index (Phi) is 8.10. The first-order chi connectivity index (χ1) is 20.8. The van der Waals surface area contributed by atoms with Crippen LogP contribution in [0.2, 0.25) is 0 Å². The van der Waals surface area contributed by atoms with Gasteiger partial charge in [0, 0.05) is 12.8 Å². The first kappa shape index (κ1) is 28.8. The van der Waals surface area contributed by atoms with Crippen molar-refractivity contribution in [3.8, 4) is 0 Å². The third-order valence-corrected chi connectivity index (χ3v) is 9.18. The molecule has 0 saturated heterocycles. The minimum absolute atomic E-state index is 0.0211. The summed E-state index contributed by atoms with van der Waals surface area (Å²) < 4.78 is 14.8. The molecule has 0 spiro atoms. The third-order valence-electron chi connectivity index (χ3n) is 9.18. The minimum Gasteiger partial charge on any atom is -0.481 e. The number of amides is 2. The van der Waals surface area contributed by atoms with Crippen molar-refractivity contribution < 1.29 is 23.9 Å². The van der Waals surface area contributed by atoms with Crippen LogP contribution in [0, 0.1) is 17.2 Å². The van der Waals surface area contributed by atoms with Gasteiger partial charge in [-0.15, -0.1) is 0 Å². The standard InChI is InChI=1S/C35H36FN3O4/c36-28-15-12-24(21-35(18-19-35)34(42)43)20-30(28)37-33(41)32(26-8-4-5-9-26)27-13-10-23(11-14-27)22-39-31(40)17-16-29(38-39)25-6-2-1-3-7-25/h1-3,6-7,10-15,20,26,32H,4-5,8-9,16-19,21-22H2,(H,37,41)(H,42,43). The first-order valence-electron chi connectivity index (χ1n) is 15.2. The highest BCUT2D eigenvalue weighted by Gasteiger charge is 2.50. The fourth-order valence-corrected chi connectivity index (χ4v) is 6.49. The number of carbonyl (C=O) groups is 3. The smallest absolute Gasteiger partial charge is 0.309 e. The molecule has 43 heavy (non-hydrogen) atoms. The summed E-state index contributed by atoms with van der Waals surface area (Å²) in [5, 5.41) is 18.6. The molecule has 0 bridgehead atoms. The third kappa shape index (κ3) is 6.38. The molecule has 2 amide bonds. The molecule has 1 unspecified atom stereocenters. The van der Waals surface area contributed by atoms with Crippen LogP contribution in [0.3, 0.4) is 0 Å². The van der Waals surface area contributed by atoms with Crippen LogP contribution in [0.4, 0.5) is 10.1 Å². The number of nitrogens with one attached hydrogen (secondary N) is 1. The highest BCUT2D eigenvalue weighted by molar-refractivity contribution is 6.04. The molecule has 3 aromatic carbocycles. The van der Waals surface area contributed by atoms with Gasteiger partial charge in [0.25, 0.3) is 0 Å². The maximum Gasteiger partial charge on any atom is 0.309 e. The lowest BCUT2D eigenvalue weighted by atomic mass is 9.83. The van der Waals surface area contributed by atoms with E-state index in [1.807, 2.05) is 54.6 Å². The van der Waals surface area contributed by atoms with Gasteiger partial charge in [-0.1, -0.05) is 73.5 Å². The van der Waals surface area contributed by atoms with Crippen molar-refractivity contribution in [2.45, 2.75) is 70.3 Å². The molecule has 2 aliphatic carbocycles. The molecule has 2 N–H and O–H groups in total. The zero-order valence-electron chi connectivity index (χ0n) is 24.1. The van der Waals surface area contributed by atoms with E-state index in [1.54, 1.807) is 12.1 Å². The molecule has 0 aromatic heterocycles. The number of rotatable bonds is 10. The van der Waals surface area contributed by atoms with Crippen LogP contribution < -0.4 is 5.32 Å². The minimum atomic E-state index is -0.833. The number of carbonyl (C=O) groups excluding carboxylic acids is 2. The van der Waals surface area contributed by atoms with Crippen molar-refractivity contribution in [1.29, 1.82) is 0 Å². The molecule has 3 aromatic rings. The number of carboxylic acid groups (broad SMARTS) is 1. The van der Waals surface area contributed by atoms with Crippen molar-refractivity contribution in [3.63, 3.8) is 0 Å². The number of benzene rings is 3. The van der Waals surface area contributed by atoms with Gasteiger partial charge in [0.1, 0.15) is 5.82 Å². The Hall–Kier alpha value is -4.33. The molecule has 7 nitrogen and oxygen atoms in total. The molecule has 1 atom stereocenters. The van der Waals surface area contributed by atoms with Gasteiger partial charge in [-0.3, -0.25) is 14.4 Å². The van der Waals surface area contributed by atoms with Crippen LogP contribution in [-0.4, -0.2) is 33.6 Å². The second-order valence-corrected chi connectivity index (χ2v) is 12.2. The summed E-state index contributed by atoms with van der Waals surface area (Å²) >= 11 is 0. The van der Waals surface area contributed by atoms with E-state index >= 15 is 0 Å². The monoisotopic (exact) mass is 581 g/mol. The zero-order chi connectivity index (χ0) is 30.0. The number of hydrogen-bond acceptors (Lipinski definition) is 4. The van der Waals surface area contributed by atoms with E-state index in [0.29, 0.717) is 44.2 Å². The van der Waals surface area contributed by atoms with Crippen LogP contribution in [-0.2, 0) is 27.3 Å². The zero-order valence-corrected chi connectivity index (χ0v) is 24.1. The molecule has 0 radical (unpaired) electrons. The summed E-state index contributed by atoms with van der Waals surface area (Å²) in [6.07, 6.45) is 6.48. The number of anilines is 1. The van der Waals surface area contributed by atoms with Crippen molar-refractivity contribution in [2.75, 3.05) is 5.32 Å². The Morgan fingerprint density at radius 1 is 0.977 bits per heavy atom. The van der Waals surface area contributed by atoms with Crippen molar-refractivity contribution >= 4 is 29.2 Å². The number of hydrazone groups is 1. The Labute approximate surface area is 250 Å². The van der Waals surface area contributed by atoms with Crippen LogP contribution in [0.15, 0.2) is 77.9 Å². The van der Waals surface area contributed by atoms with Crippen LogP contribution in [0.1, 0.15) is 79.5 Å². The second-order valence-electron chi connectivity index (χ2n) is 12.2. The summed E-state index contributed by atoms with van der Waals surface area (Å²) in [6, 6.07) is 22.1. The second kappa shape index (κ2) is 12.1. The van der Waals surface area contributed by atoms with Gasteiger partial charge in [-0.25, -0.2) is 9.40 Å². The van der Waals surface area contributed by atoms with Gasteiger partial charge in [0.2, 0.25) is 11.8 Å². The molecule has 3 aliphatic rings. The molecule has 2 fully saturated rings. The predicted molar refractivity (Wildman–Crippen MR) is 162 cm³/mol. The van der Waals surface area contributed by atoms with Gasteiger partial charge in [-0.2, -0.15) is 5.10 Å². The molecule has 1 aliphatic heterocycles. The Bertz CT molecular complexity index is 1540. The van der Waals surface area contributed by atoms with Crippen molar-refractivity contribution in [2.24, 2.45) is 16.4 Å². The Morgan fingerprint density at radius 3 is 2.35 bits per heavy atom. The van der Waals surface area contributed by atoms with Gasteiger partial charge in [0.15, 0.2) is 0 Å². The van der Waals surface area contributed by atoms with Crippen LogP contribution in [0.25, 0.3) is 0 Å². The van der Waals surface area contributed by atoms with E-state index in [9.17, 15) is 23.9 Å². The molecule has 6 rings (SSSR count). The molecule has 222 valence electrons. The van der Waals surface area contributed by atoms with Gasteiger partial charge >= 0.3 is 5.97 Å². The number of nitrogens with zero attached hydrogens (tertiary/aromatic N) is 2. The first-order valence-corrected chi connectivity index (χ1v) is 15.2. The average Bonchev–Trinajstić information content (AvgIpc) is 3.61. The van der Waals surface area contributed by atoms with E-state index in [-0.39, 0.29) is 23.4 Å². The largest absolute Gasteiger partial charge is 0.481 e. The van der Waals surface area contributed by atoms with Crippen molar-refractivity contribution in [3.05, 3.63) is 101 Å². The fraction of sp³-hybridized carbons (Fsp3) is 0.371. The highest BCUT2D eigenvalue weighted by Crippen LogP contribution is 2.49. The molecule has 8 heteroatoms. The SMILES string of the molecule is O=C(Nc1cc(CC2(C(=O)O)CC2)ccc1F)C(c1ccc(CN2N=C(c3ccccc3)CCC2=O)cc1)C1CCCC1. The van der Waals surface area contributed by atoms with E-state index in [1.165, 1.54) is 11.1 Å². The fourth-order valence-electron chi connectivity index (χ4n) is 6.49. The predicted octanol–water partition coefficient (Wildman–Crippen LogP) is 6.67. The summed E-state index contributed by atoms with van der Waals surface area (Å²) in [7, 11) is 0. The number of halogens is 1. The summed E-state index contributed by atoms with van der Waals surface area (Å²) in [5.41, 5.74) is 3.67. The maximum atomic E-state index is 14.8. The Morgan fingerprint density at radius 2 is 1.67 bits per heavy atom. The molecule has 1 heterocycles.